The van der Waals surface area contributed by atoms with E-state index >= 15 is 0 Å². The lowest BCUT2D eigenvalue weighted by Crippen LogP contribution is -2.32. The maximum Gasteiger partial charge on any atom is 0.257 e. The number of anilines is 2. The van der Waals surface area contributed by atoms with E-state index < -0.39 is 0 Å². The predicted octanol–water partition coefficient (Wildman–Crippen LogP) is 0.874. The Morgan fingerprint density at radius 1 is 1.33 bits per heavy atom. The van der Waals surface area contributed by atoms with Crippen molar-refractivity contribution in [3.8, 4) is 5.95 Å². The zero-order chi connectivity index (χ0) is 13.1. The average Bonchev–Trinajstić information content (AvgIpc) is 2.82. The molecular formula is C11H17N7. The van der Waals surface area contributed by atoms with Gasteiger partial charge in [-0.1, -0.05) is 0 Å². The van der Waals surface area contributed by atoms with Gasteiger partial charge in [-0.3, -0.25) is 0 Å². The third-order valence-electron chi connectivity index (χ3n) is 2.56. The third-order valence-corrected chi connectivity index (χ3v) is 2.56. The van der Waals surface area contributed by atoms with Gasteiger partial charge in [-0.15, -0.1) is 0 Å². The summed E-state index contributed by atoms with van der Waals surface area (Å²) in [5.74, 6) is 1.21. The standard InChI is InChI=1S/C11H17N7/c1-4-17(8(2)3)10-14-9(12)15-11(16-10)18-7-5-6-13-18/h5-8H,4H2,1-3H3,(H2,12,14,15,16). The van der Waals surface area contributed by atoms with E-state index in [1.54, 1.807) is 23.1 Å². The number of nitrogens with zero attached hydrogens (tertiary/aromatic N) is 6. The lowest BCUT2D eigenvalue weighted by molar-refractivity contribution is 0.672. The van der Waals surface area contributed by atoms with Gasteiger partial charge in [0.1, 0.15) is 0 Å². The van der Waals surface area contributed by atoms with Crippen molar-refractivity contribution in [2.75, 3.05) is 17.2 Å². The van der Waals surface area contributed by atoms with Crippen molar-refractivity contribution >= 4 is 11.9 Å². The Morgan fingerprint density at radius 3 is 2.67 bits per heavy atom. The molecule has 0 unspecified atom stereocenters. The van der Waals surface area contributed by atoms with Gasteiger partial charge in [-0.2, -0.15) is 20.1 Å². The second-order valence-corrected chi connectivity index (χ2v) is 4.12. The van der Waals surface area contributed by atoms with Crippen molar-refractivity contribution in [3.05, 3.63) is 18.5 Å². The summed E-state index contributed by atoms with van der Waals surface area (Å²) in [4.78, 5) is 14.7. The Hall–Kier alpha value is -2.18. The Kier molecular flexibility index (Phi) is 3.40. The largest absolute Gasteiger partial charge is 0.368 e. The molecule has 96 valence electrons. The molecule has 0 fully saturated rings. The zero-order valence-corrected chi connectivity index (χ0v) is 10.8. The fourth-order valence-electron chi connectivity index (χ4n) is 1.72. The smallest absolute Gasteiger partial charge is 0.257 e. The second kappa shape index (κ2) is 4.99. The maximum atomic E-state index is 5.73. The van der Waals surface area contributed by atoms with Crippen LogP contribution in [0.4, 0.5) is 11.9 Å². The van der Waals surface area contributed by atoms with E-state index in [-0.39, 0.29) is 5.95 Å². The molecule has 0 bridgehead atoms. The molecule has 2 aromatic rings. The van der Waals surface area contributed by atoms with Gasteiger partial charge in [0, 0.05) is 25.0 Å². The molecule has 0 spiro atoms. The predicted molar refractivity (Wildman–Crippen MR) is 69.5 cm³/mol. The second-order valence-electron chi connectivity index (χ2n) is 4.12. The molecule has 0 radical (unpaired) electrons. The molecule has 0 aromatic carbocycles. The van der Waals surface area contributed by atoms with Crippen molar-refractivity contribution in [1.82, 2.24) is 24.7 Å². The first-order chi connectivity index (χ1) is 8.61. The third kappa shape index (κ3) is 2.39. The van der Waals surface area contributed by atoms with E-state index in [1.165, 1.54) is 0 Å². The molecule has 0 aliphatic rings. The number of hydrogen-bond acceptors (Lipinski definition) is 6. The number of rotatable bonds is 4. The zero-order valence-electron chi connectivity index (χ0n) is 10.8. The van der Waals surface area contributed by atoms with E-state index in [0.717, 1.165) is 6.54 Å². The van der Waals surface area contributed by atoms with Gasteiger partial charge in [0.15, 0.2) is 0 Å². The molecule has 0 amide bonds. The van der Waals surface area contributed by atoms with E-state index in [1.807, 2.05) is 11.8 Å². The molecule has 0 aliphatic carbocycles. The van der Waals surface area contributed by atoms with Crippen LogP contribution in [0.3, 0.4) is 0 Å². The molecule has 7 heteroatoms. The fraction of sp³-hybridized carbons (Fsp3) is 0.455. The summed E-state index contributed by atoms with van der Waals surface area (Å²) in [6.07, 6.45) is 3.43. The van der Waals surface area contributed by atoms with Crippen LogP contribution in [-0.2, 0) is 0 Å². The summed E-state index contributed by atoms with van der Waals surface area (Å²) in [7, 11) is 0. The molecule has 2 N–H and O–H groups in total. The van der Waals surface area contributed by atoms with E-state index in [2.05, 4.69) is 33.9 Å². The van der Waals surface area contributed by atoms with Crippen LogP contribution in [0.1, 0.15) is 20.8 Å². The lowest BCUT2D eigenvalue weighted by atomic mass is 10.3. The van der Waals surface area contributed by atoms with Crippen molar-refractivity contribution in [3.63, 3.8) is 0 Å². The Balaban J connectivity index is 2.44. The van der Waals surface area contributed by atoms with Crippen LogP contribution in [0.2, 0.25) is 0 Å². The van der Waals surface area contributed by atoms with Crippen LogP contribution < -0.4 is 10.6 Å². The van der Waals surface area contributed by atoms with Crippen LogP contribution >= 0.6 is 0 Å². The lowest BCUT2D eigenvalue weighted by Gasteiger charge is -2.25. The highest BCUT2D eigenvalue weighted by molar-refractivity contribution is 5.38. The van der Waals surface area contributed by atoms with E-state index in [4.69, 9.17) is 5.73 Å². The first-order valence-electron chi connectivity index (χ1n) is 5.90. The quantitative estimate of drug-likeness (QED) is 0.863. The molecule has 18 heavy (non-hydrogen) atoms. The fourth-order valence-corrected chi connectivity index (χ4v) is 1.72. The minimum atomic E-state index is 0.199. The minimum absolute atomic E-state index is 0.199. The molecule has 2 rings (SSSR count). The maximum absolute atomic E-state index is 5.73. The topological polar surface area (TPSA) is 85.8 Å². The van der Waals surface area contributed by atoms with Crippen molar-refractivity contribution in [1.29, 1.82) is 0 Å². The molecule has 0 saturated carbocycles. The molecular weight excluding hydrogens is 230 g/mol. The van der Waals surface area contributed by atoms with E-state index in [0.29, 0.717) is 17.9 Å². The summed E-state index contributed by atoms with van der Waals surface area (Å²) in [6, 6.07) is 2.10. The van der Waals surface area contributed by atoms with Gasteiger partial charge in [-0.25, -0.2) is 4.68 Å². The number of nitrogen functional groups attached to an aromatic ring is 1. The molecule has 0 atom stereocenters. The highest BCUT2D eigenvalue weighted by Gasteiger charge is 2.14. The van der Waals surface area contributed by atoms with Crippen molar-refractivity contribution < 1.29 is 0 Å². The SMILES string of the molecule is CCN(c1nc(N)nc(-n2cccn2)n1)C(C)C. The van der Waals surface area contributed by atoms with Crippen LogP contribution in [0, 0.1) is 0 Å². The summed E-state index contributed by atoms with van der Waals surface area (Å²) in [5.41, 5.74) is 5.73. The molecule has 2 aromatic heterocycles. The van der Waals surface area contributed by atoms with E-state index in [9.17, 15) is 0 Å². The highest BCUT2D eigenvalue weighted by Crippen LogP contribution is 2.13. The highest BCUT2D eigenvalue weighted by atomic mass is 15.4. The van der Waals surface area contributed by atoms with Crippen LogP contribution in [0.25, 0.3) is 5.95 Å². The van der Waals surface area contributed by atoms with Crippen LogP contribution in [-0.4, -0.2) is 37.3 Å². The van der Waals surface area contributed by atoms with Crippen molar-refractivity contribution in [2.24, 2.45) is 0 Å². The van der Waals surface area contributed by atoms with Gasteiger partial charge in [0.2, 0.25) is 11.9 Å². The Morgan fingerprint density at radius 2 is 2.11 bits per heavy atom. The summed E-state index contributed by atoms with van der Waals surface area (Å²) in [5, 5.41) is 4.09. The van der Waals surface area contributed by atoms with Gasteiger partial charge in [0.05, 0.1) is 0 Å². The van der Waals surface area contributed by atoms with Gasteiger partial charge < -0.3 is 10.6 Å². The Labute approximate surface area is 106 Å². The molecule has 7 nitrogen and oxygen atoms in total. The first-order valence-corrected chi connectivity index (χ1v) is 5.90. The van der Waals surface area contributed by atoms with Crippen LogP contribution in [0.15, 0.2) is 18.5 Å². The number of nitrogens with two attached hydrogens (primary N) is 1. The average molecular weight is 247 g/mol. The van der Waals surface area contributed by atoms with Gasteiger partial charge >= 0.3 is 0 Å². The van der Waals surface area contributed by atoms with Gasteiger partial charge in [0.25, 0.3) is 5.95 Å². The summed E-state index contributed by atoms with van der Waals surface area (Å²) >= 11 is 0. The molecule has 0 saturated heterocycles. The first kappa shape index (κ1) is 12.3. The molecule has 2 heterocycles. The number of hydrogen-bond donors (Lipinski definition) is 1. The molecule has 0 aliphatic heterocycles. The summed E-state index contributed by atoms with van der Waals surface area (Å²) < 4.78 is 1.57. The normalized spacial score (nSPS) is 10.9. The van der Waals surface area contributed by atoms with Crippen molar-refractivity contribution in [2.45, 2.75) is 26.8 Å². The minimum Gasteiger partial charge on any atom is -0.368 e. The number of aromatic nitrogens is 5. The Bertz CT molecular complexity index is 506. The van der Waals surface area contributed by atoms with Crippen LogP contribution in [0.5, 0.6) is 0 Å². The summed E-state index contributed by atoms with van der Waals surface area (Å²) in [6.45, 7) is 7.02. The monoisotopic (exact) mass is 247 g/mol. The van der Waals surface area contributed by atoms with Gasteiger partial charge in [-0.05, 0) is 26.8 Å².